The number of anilines is 1. The van der Waals surface area contributed by atoms with Gasteiger partial charge in [0.05, 0.1) is 5.75 Å². The molecule has 0 aliphatic rings. The quantitative estimate of drug-likeness (QED) is 0.904. The van der Waals surface area contributed by atoms with E-state index in [2.05, 4.69) is 10.5 Å². The molecule has 0 aliphatic carbocycles. The summed E-state index contributed by atoms with van der Waals surface area (Å²) in [7, 11) is -1.51. The fourth-order valence-corrected chi connectivity index (χ4v) is 3.11. The van der Waals surface area contributed by atoms with Crippen LogP contribution in [-0.2, 0) is 21.3 Å². The Balaban J connectivity index is 2.00. The smallest absolute Gasteiger partial charge is 0.241 e. The lowest BCUT2D eigenvalue weighted by Crippen LogP contribution is -2.29. The van der Waals surface area contributed by atoms with E-state index in [1.807, 2.05) is 0 Å². The Morgan fingerprint density at radius 2 is 2.23 bits per heavy atom. The summed E-state index contributed by atoms with van der Waals surface area (Å²) in [4.78, 5) is 12.0. The summed E-state index contributed by atoms with van der Waals surface area (Å²) in [6.07, 6.45) is 0. The molecule has 1 aromatic heterocycles. The van der Waals surface area contributed by atoms with Crippen LogP contribution in [0.3, 0.4) is 0 Å². The van der Waals surface area contributed by atoms with Crippen LogP contribution >= 0.6 is 11.6 Å². The molecule has 2 atom stereocenters. The van der Waals surface area contributed by atoms with Gasteiger partial charge in [-0.1, -0.05) is 22.8 Å². The number of carbonyl (C=O) groups excluding carboxylic acids is 1. The molecule has 0 bridgehead atoms. The number of hydrogen-bond acceptors (Lipinski definition) is 4. The summed E-state index contributed by atoms with van der Waals surface area (Å²) in [6.45, 7) is 3.23. The molecule has 0 unspecified atom stereocenters. The van der Waals surface area contributed by atoms with Crippen molar-refractivity contribution in [2.45, 2.75) is 24.9 Å². The van der Waals surface area contributed by atoms with Crippen LogP contribution in [0.15, 0.2) is 28.8 Å². The monoisotopic (exact) mass is 344 g/mol. The number of halogens is 2. The van der Waals surface area contributed by atoms with Crippen LogP contribution in [0.4, 0.5) is 10.2 Å². The van der Waals surface area contributed by atoms with Crippen LogP contribution in [0.1, 0.15) is 18.2 Å². The van der Waals surface area contributed by atoms with E-state index in [-0.39, 0.29) is 16.6 Å². The Bertz CT molecular complexity index is 720. The number of amides is 1. The van der Waals surface area contributed by atoms with Gasteiger partial charge in [0.25, 0.3) is 0 Å². The summed E-state index contributed by atoms with van der Waals surface area (Å²) < 4.78 is 30.1. The van der Waals surface area contributed by atoms with Crippen molar-refractivity contribution in [3.05, 3.63) is 46.4 Å². The van der Waals surface area contributed by atoms with Gasteiger partial charge in [-0.15, -0.1) is 0 Å². The van der Waals surface area contributed by atoms with Crippen molar-refractivity contribution < 1.29 is 17.9 Å². The number of nitrogens with one attached hydrogen (secondary N) is 1. The van der Waals surface area contributed by atoms with E-state index in [0.717, 1.165) is 6.07 Å². The highest BCUT2D eigenvalue weighted by molar-refractivity contribution is 7.85. The van der Waals surface area contributed by atoms with Crippen LogP contribution in [0.2, 0.25) is 5.02 Å². The van der Waals surface area contributed by atoms with E-state index in [1.165, 1.54) is 19.1 Å². The molecule has 0 saturated heterocycles. The van der Waals surface area contributed by atoms with E-state index < -0.39 is 27.8 Å². The van der Waals surface area contributed by atoms with Gasteiger partial charge in [-0.25, -0.2) is 4.39 Å². The van der Waals surface area contributed by atoms with Crippen molar-refractivity contribution in [3.8, 4) is 0 Å². The fourth-order valence-electron chi connectivity index (χ4n) is 1.69. The molecule has 0 radical (unpaired) electrons. The molecular weight excluding hydrogens is 331 g/mol. The van der Waals surface area contributed by atoms with Gasteiger partial charge in [0.15, 0.2) is 5.82 Å². The van der Waals surface area contributed by atoms with Gasteiger partial charge in [0.2, 0.25) is 5.91 Å². The Kier molecular flexibility index (Phi) is 5.31. The van der Waals surface area contributed by atoms with E-state index in [9.17, 15) is 13.4 Å². The van der Waals surface area contributed by atoms with Gasteiger partial charge in [0.1, 0.15) is 16.8 Å². The second-order valence-corrected chi connectivity index (χ2v) is 6.88. The van der Waals surface area contributed by atoms with Gasteiger partial charge in [-0.2, -0.15) is 0 Å². The van der Waals surface area contributed by atoms with Crippen molar-refractivity contribution in [2.24, 2.45) is 0 Å². The van der Waals surface area contributed by atoms with Crippen molar-refractivity contribution in [2.75, 3.05) is 5.32 Å². The topological polar surface area (TPSA) is 72.2 Å². The van der Waals surface area contributed by atoms with Crippen LogP contribution in [0.25, 0.3) is 0 Å². The van der Waals surface area contributed by atoms with Gasteiger partial charge in [-0.3, -0.25) is 9.00 Å². The molecule has 2 aromatic rings. The SMILES string of the molecule is Cc1cc(NC(=O)[C@@H](C)[S@](=O)Cc2ccc(F)cc2Cl)no1. The molecule has 1 aromatic carbocycles. The zero-order chi connectivity index (χ0) is 16.3. The first-order chi connectivity index (χ1) is 10.4. The van der Waals surface area contributed by atoms with E-state index in [1.54, 1.807) is 13.0 Å². The molecule has 1 N–H and O–H groups in total. The minimum Gasteiger partial charge on any atom is -0.360 e. The predicted octanol–water partition coefficient (Wildman–Crippen LogP) is 3.05. The Morgan fingerprint density at radius 3 is 2.82 bits per heavy atom. The summed E-state index contributed by atoms with van der Waals surface area (Å²) in [6, 6.07) is 5.41. The van der Waals surface area contributed by atoms with Gasteiger partial charge in [-0.05, 0) is 31.5 Å². The zero-order valence-corrected chi connectivity index (χ0v) is 13.5. The number of benzene rings is 1. The standard InChI is InChI=1S/C14H14ClFN2O3S/c1-8-5-13(18-21-8)17-14(19)9(2)22(20)7-10-3-4-11(16)6-12(10)15/h3-6,9H,7H2,1-2H3,(H,17,18,19)/t9-,22-/m1/s1. The minimum absolute atomic E-state index is 0.0611. The minimum atomic E-state index is -1.51. The Labute approximate surface area is 134 Å². The zero-order valence-electron chi connectivity index (χ0n) is 11.9. The number of nitrogens with zero attached hydrogens (tertiary/aromatic N) is 1. The van der Waals surface area contributed by atoms with E-state index >= 15 is 0 Å². The number of aromatic nitrogens is 1. The van der Waals surface area contributed by atoms with Crippen LogP contribution in [0.5, 0.6) is 0 Å². The molecule has 22 heavy (non-hydrogen) atoms. The largest absolute Gasteiger partial charge is 0.360 e. The van der Waals surface area contributed by atoms with E-state index in [4.69, 9.17) is 16.1 Å². The third kappa shape index (κ3) is 4.14. The average molecular weight is 345 g/mol. The predicted molar refractivity (Wildman–Crippen MR) is 82.6 cm³/mol. The lowest BCUT2D eigenvalue weighted by molar-refractivity contribution is -0.115. The third-order valence-corrected chi connectivity index (χ3v) is 4.91. The molecule has 2 rings (SSSR count). The van der Waals surface area contributed by atoms with Crippen molar-refractivity contribution in [1.82, 2.24) is 5.16 Å². The average Bonchev–Trinajstić information content (AvgIpc) is 2.86. The maximum Gasteiger partial charge on any atom is 0.241 e. The molecule has 5 nitrogen and oxygen atoms in total. The van der Waals surface area contributed by atoms with Crippen molar-refractivity contribution >= 4 is 34.1 Å². The second-order valence-electron chi connectivity index (χ2n) is 4.72. The fraction of sp³-hybridized carbons (Fsp3) is 0.286. The van der Waals surface area contributed by atoms with Gasteiger partial charge >= 0.3 is 0 Å². The molecule has 1 heterocycles. The van der Waals surface area contributed by atoms with Gasteiger partial charge < -0.3 is 9.84 Å². The first-order valence-electron chi connectivity index (χ1n) is 6.42. The summed E-state index contributed by atoms with van der Waals surface area (Å²) in [5.41, 5.74) is 0.526. The molecule has 0 spiro atoms. The van der Waals surface area contributed by atoms with Crippen LogP contribution in [0, 0.1) is 12.7 Å². The highest BCUT2D eigenvalue weighted by Crippen LogP contribution is 2.20. The maximum atomic E-state index is 13.0. The van der Waals surface area contributed by atoms with Crippen molar-refractivity contribution in [3.63, 3.8) is 0 Å². The van der Waals surface area contributed by atoms with Crippen LogP contribution in [-0.4, -0.2) is 20.5 Å². The van der Waals surface area contributed by atoms with Crippen LogP contribution < -0.4 is 5.32 Å². The lowest BCUT2D eigenvalue weighted by Gasteiger charge is -2.11. The molecule has 118 valence electrons. The molecule has 0 aliphatic heterocycles. The Hall–Kier alpha value is -1.73. The first-order valence-corrected chi connectivity index (χ1v) is 8.18. The Morgan fingerprint density at radius 1 is 1.50 bits per heavy atom. The molecule has 1 amide bonds. The second kappa shape index (κ2) is 7.02. The number of carbonyl (C=O) groups is 1. The number of hydrogen-bond donors (Lipinski definition) is 1. The summed E-state index contributed by atoms with van der Waals surface area (Å²) in [5, 5.41) is 5.57. The van der Waals surface area contributed by atoms with E-state index in [0.29, 0.717) is 11.3 Å². The highest BCUT2D eigenvalue weighted by atomic mass is 35.5. The highest BCUT2D eigenvalue weighted by Gasteiger charge is 2.22. The molecule has 0 fully saturated rings. The summed E-state index contributed by atoms with van der Waals surface area (Å²) >= 11 is 5.89. The summed E-state index contributed by atoms with van der Waals surface area (Å²) in [5.74, 6) is -0.0177. The maximum absolute atomic E-state index is 13.0. The first kappa shape index (κ1) is 16.6. The molecular formula is C14H14ClFN2O3S. The van der Waals surface area contributed by atoms with Gasteiger partial charge in [0, 0.05) is 21.9 Å². The third-order valence-electron chi connectivity index (χ3n) is 2.96. The molecule has 0 saturated carbocycles. The van der Waals surface area contributed by atoms with Crippen molar-refractivity contribution in [1.29, 1.82) is 0 Å². The lowest BCUT2D eigenvalue weighted by atomic mass is 10.2. The molecule has 8 heteroatoms. The number of rotatable bonds is 5. The number of aryl methyl sites for hydroxylation is 1. The normalized spacial score (nSPS) is 13.6.